The maximum Gasteiger partial charge on any atom is 1.00 e. The minimum atomic E-state index is -4.50. The Hall–Kier alpha value is 0.886. The monoisotopic (exact) mass is 1600 g/mol. The molecule has 538 valence electrons. The first-order chi connectivity index (χ1) is 42.1. The van der Waals surface area contributed by atoms with E-state index in [1.807, 2.05) is 13.8 Å². The van der Waals surface area contributed by atoms with E-state index in [4.69, 9.17) is 44.8 Å². The summed E-state index contributed by atoms with van der Waals surface area (Å²) in [7, 11) is -16.3. The van der Waals surface area contributed by atoms with Crippen molar-refractivity contribution in [2.45, 2.75) is 110 Å². The fraction of sp³-hybridized carbons (Fsp3) is 0.731. The summed E-state index contributed by atoms with van der Waals surface area (Å²) in [5, 5.41) is 53.8. The van der Waals surface area contributed by atoms with Crippen LogP contribution in [0.5, 0.6) is 0 Å². The van der Waals surface area contributed by atoms with Gasteiger partial charge in [0, 0.05) is 57.5 Å². The van der Waals surface area contributed by atoms with Gasteiger partial charge >= 0.3 is 182 Å². The third-order valence-electron chi connectivity index (χ3n) is 10.4. The predicted molar refractivity (Wildman–Crippen MR) is 343 cm³/mol. The molecule has 1 amide bonds. The number of esters is 3. The molecule has 0 aliphatic carbocycles. The molecule has 1 rings (SSSR count). The fourth-order valence-electron chi connectivity index (χ4n) is 5.78. The van der Waals surface area contributed by atoms with Gasteiger partial charge in [0.1, 0.15) is 16.7 Å². The average molecular weight is 1600 g/mol. The zero-order chi connectivity index (χ0) is 72.1. The largest absolute Gasteiger partial charge is 1.00 e. The first-order valence-electron chi connectivity index (χ1n) is 27.4. The predicted octanol–water partition coefficient (Wildman–Crippen LogP) is -9.34. The number of benzene rings is 1. The Morgan fingerprint density at radius 1 is 0.604 bits per heavy atom. The van der Waals surface area contributed by atoms with E-state index < -0.39 is 111 Å². The number of aliphatic hydroxyl groups excluding tert-OH is 2. The molecule has 0 saturated heterocycles. The molecule has 5 unspecified atom stereocenters. The molecule has 0 bridgehead atoms. The quantitative estimate of drug-likeness (QED) is 0.00797. The second kappa shape index (κ2) is 62.1. The van der Waals surface area contributed by atoms with Gasteiger partial charge in [-0.3, -0.25) is 38.4 Å². The Bertz CT molecular complexity index is 2830. The van der Waals surface area contributed by atoms with Gasteiger partial charge in [0.25, 0.3) is 0 Å². The van der Waals surface area contributed by atoms with Crippen LogP contribution in [0.4, 0.5) is 0 Å². The van der Waals surface area contributed by atoms with Crippen molar-refractivity contribution in [3.63, 3.8) is 0 Å². The molecule has 0 fully saturated rings. The van der Waals surface area contributed by atoms with Gasteiger partial charge in [-0.05, 0) is 75.2 Å². The number of carboxylic acids is 4. The number of thioether (sulfide) groups is 5. The second-order valence-corrected chi connectivity index (χ2v) is 32.2. The number of carbonyl (C=O) groups excluding carboxylic acids is 4. The molecule has 44 heteroatoms. The van der Waals surface area contributed by atoms with Gasteiger partial charge in [0.15, 0.2) is 6.29 Å². The van der Waals surface area contributed by atoms with Crippen molar-refractivity contribution in [3.8, 4) is 0 Å². The molecule has 96 heavy (non-hydrogen) atoms. The minimum absolute atomic E-state index is 0. The summed E-state index contributed by atoms with van der Waals surface area (Å²) in [5.74, 6) is -2.91. The summed E-state index contributed by atoms with van der Waals surface area (Å²) < 4.78 is 145. The van der Waals surface area contributed by atoms with E-state index in [9.17, 15) is 90.2 Å². The van der Waals surface area contributed by atoms with Crippen LogP contribution in [0.1, 0.15) is 99.0 Å². The summed E-state index contributed by atoms with van der Waals surface area (Å²) >= 11 is 6.95. The minimum Gasteiger partial charge on any atom is -0.748 e. The van der Waals surface area contributed by atoms with Crippen LogP contribution < -0.4 is 145 Å². The Morgan fingerprint density at radius 3 is 1.47 bits per heavy atom. The van der Waals surface area contributed by atoms with Crippen molar-refractivity contribution >= 4 is 147 Å². The molecule has 0 aromatic heterocycles. The number of nitrogens with one attached hydrogen (secondary N) is 1. The van der Waals surface area contributed by atoms with Gasteiger partial charge < -0.3 is 73.1 Å². The number of rotatable bonds is 43. The van der Waals surface area contributed by atoms with Crippen molar-refractivity contribution in [1.82, 2.24) is 5.32 Å². The van der Waals surface area contributed by atoms with E-state index in [0.29, 0.717) is 46.0 Å². The molecule has 31 nitrogen and oxygen atoms in total. The van der Waals surface area contributed by atoms with Gasteiger partial charge in [-0.2, -0.15) is 47.0 Å². The van der Waals surface area contributed by atoms with Crippen LogP contribution in [0, 0.1) is 23.2 Å². The van der Waals surface area contributed by atoms with Crippen molar-refractivity contribution in [2.75, 3.05) is 108 Å². The van der Waals surface area contributed by atoms with E-state index in [1.165, 1.54) is 91.9 Å². The smallest absolute Gasteiger partial charge is 0.748 e. The normalized spacial score (nSPS) is 12.7. The third-order valence-corrected chi connectivity index (χ3v) is 20.2. The molecular weight excluding hydrogens is 1520 g/mol. The number of hydrogen-bond donors (Lipinski definition) is 7. The molecule has 0 radical (unpaired) electrons. The maximum absolute atomic E-state index is 11.9. The van der Waals surface area contributed by atoms with Crippen molar-refractivity contribution < 1.29 is 280 Å². The van der Waals surface area contributed by atoms with Crippen LogP contribution in [0.2, 0.25) is 0 Å². The van der Waals surface area contributed by atoms with Gasteiger partial charge in [0.05, 0.1) is 116 Å². The number of aliphatic hydroxyl groups is 2. The van der Waals surface area contributed by atoms with E-state index in [-0.39, 0.29) is 245 Å². The Labute approximate surface area is 694 Å². The van der Waals surface area contributed by atoms with E-state index in [1.54, 1.807) is 39.8 Å². The number of hydrogen-bond acceptors (Lipinski definition) is 31. The first kappa shape index (κ1) is 113. The van der Waals surface area contributed by atoms with Crippen LogP contribution >= 0.6 is 58.8 Å². The second-order valence-electron chi connectivity index (χ2n) is 20.9. The number of carboxylic acid groups (broad SMARTS) is 4. The molecule has 0 aliphatic rings. The number of ether oxygens (including phenoxy) is 4. The standard InChI is InChI=1S/C12H16O5S2.C11H21NO6S2.C11H20O7S2.C9H18O7S2.C9H16O5S.K.3Na/c1-9(8-18-7-6-12(13)14)10-2-4-11(5-3-10)19(15,16)17;1-8(5-19-6-9(13)18-4)10(14)12-11(2,3)7-20(15,16)17;1-11(2,8-19-6-4-9(12)13)10(14)18-5-3-7-20(15,16)17;1-7(5-17-3-2-8(10)11)4-16-9(12)6-18(13,14)15;1-7(9(13)14-4-3-10)6-15-5-2-8(11)12;;;;/h2-5,9H,6-8H2,1H3,(H,13,14)(H,15,16,17);8H,5-7H2,1-4H3,(H,12,14)(H,15,16,17);3-8H2,1-2H3,(H,12,13)(H,15,16,17);7,9,12H,2-6H2,1H3,(H,10,11)(H,13,14,15);7,10H,2-6H2,1H3,(H,11,12);;;;/q;;;;;4*+1/p-4. The zero-order valence-corrected chi connectivity index (χ0v) is 72.9. The summed E-state index contributed by atoms with van der Waals surface area (Å²) in [6.45, 7) is 13.2. The molecular formula is C52H87KNNa3O30S9. The SMILES string of the molecule is CC(C)(CSCCC(=O)O)C(=O)OCCCS(=O)(=O)[O-].CC(COC(O)CS(=O)(=O)[O-])CSCCC(=O)O.CC(CSCCC(=O)O)C(=O)OCCO.CC(CSCCC(=O)O)c1ccc(S(=O)(=O)[O-])cc1.COC(=O)CSCC(C)C(=O)NC(C)(C)CS(=O)(=O)[O-].[K+].[Na+].[Na+].[Na+]. The molecule has 0 aliphatic heterocycles. The summed E-state index contributed by atoms with van der Waals surface area (Å²) in [6.07, 6.45) is -1.31. The van der Waals surface area contributed by atoms with Crippen molar-refractivity contribution in [1.29, 1.82) is 0 Å². The number of methoxy groups -OCH3 is 1. The first-order valence-corrected chi connectivity index (χ1v) is 39.3. The fourth-order valence-corrected chi connectivity index (χ4v) is 13.1. The summed E-state index contributed by atoms with van der Waals surface area (Å²) in [6, 6.07) is 5.84. The van der Waals surface area contributed by atoms with E-state index in [2.05, 4.69) is 10.1 Å². The van der Waals surface area contributed by atoms with E-state index >= 15 is 0 Å². The van der Waals surface area contributed by atoms with Crippen molar-refractivity contribution in [3.05, 3.63) is 29.8 Å². The molecule has 1 aromatic carbocycles. The van der Waals surface area contributed by atoms with Crippen LogP contribution in [0.3, 0.4) is 0 Å². The van der Waals surface area contributed by atoms with Gasteiger partial charge in [-0.1, -0.05) is 39.8 Å². The number of carbonyl (C=O) groups is 8. The Morgan fingerprint density at radius 2 is 1.05 bits per heavy atom. The molecule has 1 aromatic rings. The number of amides is 1. The summed E-state index contributed by atoms with van der Waals surface area (Å²) in [4.78, 5) is 86.5. The number of aliphatic carboxylic acids is 4. The van der Waals surface area contributed by atoms with Crippen LogP contribution in [0.25, 0.3) is 0 Å². The van der Waals surface area contributed by atoms with E-state index in [0.717, 1.165) is 11.3 Å². The van der Waals surface area contributed by atoms with Gasteiger partial charge in [-0.25, -0.2) is 33.7 Å². The average Bonchev–Trinajstić information content (AvgIpc) is 1.10. The maximum atomic E-state index is 11.9. The molecule has 0 saturated carbocycles. The van der Waals surface area contributed by atoms with Crippen molar-refractivity contribution in [2.24, 2.45) is 23.2 Å². The third kappa shape index (κ3) is 76.0. The molecule has 7 N–H and O–H groups in total. The van der Waals surface area contributed by atoms with Crippen LogP contribution in [-0.2, 0) is 97.8 Å². The molecule has 0 heterocycles. The molecule has 0 spiro atoms. The molecule has 5 atom stereocenters. The van der Waals surface area contributed by atoms with Gasteiger partial charge in [-0.15, -0.1) is 11.8 Å². The van der Waals surface area contributed by atoms with Gasteiger partial charge in [0.2, 0.25) is 5.91 Å². The zero-order valence-electron chi connectivity index (χ0n) is 56.4. The van der Waals surface area contributed by atoms with Crippen LogP contribution in [-0.4, -0.2) is 250 Å². The van der Waals surface area contributed by atoms with Crippen LogP contribution in [0.15, 0.2) is 29.2 Å². The Kier molecular flexibility index (Phi) is 73.0. The Balaban J connectivity index is -0.000000167. The topological polar surface area (TPSA) is 536 Å². The summed E-state index contributed by atoms with van der Waals surface area (Å²) in [5.41, 5.74) is -0.992.